The van der Waals surface area contributed by atoms with Gasteiger partial charge in [0.15, 0.2) is 0 Å². The summed E-state index contributed by atoms with van der Waals surface area (Å²) < 4.78 is 0. The Morgan fingerprint density at radius 1 is 0.846 bits per heavy atom. The van der Waals surface area contributed by atoms with Crippen LogP contribution >= 0.6 is 0 Å². The molecule has 2 rings (SSSR count). The lowest BCUT2D eigenvalue weighted by atomic mass is 9.88. The Hall–Kier alpha value is -1.04. The molecule has 0 saturated heterocycles. The number of hydrogen-bond acceptors (Lipinski definition) is 0. The third kappa shape index (κ3) is 19.3. The SMILES string of the molecule is C=CCC(C)(C)C.CC(C)(C)CC1CC1.CC(C)(C)Cc1ccccc1.[HH].[HH].[HH]. The van der Waals surface area contributed by atoms with Crippen molar-refractivity contribution in [1.29, 1.82) is 0 Å². The first-order chi connectivity index (χ1) is 11.7. The van der Waals surface area contributed by atoms with E-state index in [1.54, 1.807) is 0 Å². The zero-order chi connectivity index (χ0) is 20.4. The predicted octanol–water partition coefficient (Wildman–Crippen LogP) is 9.45. The number of benzene rings is 1. The molecule has 1 aromatic rings. The summed E-state index contributed by atoms with van der Waals surface area (Å²) in [5.74, 6) is 1.09. The van der Waals surface area contributed by atoms with Crippen LogP contribution in [0.2, 0.25) is 0 Å². The zero-order valence-electron chi connectivity index (χ0n) is 19.3. The number of allylic oxidation sites excluding steroid dienone is 1. The van der Waals surface area contributed by atoms with E-state index >= 15 is 0 Å². The highest BCUT2D eigenvalue weighted by molar-refractivity contribution is 5.15. The van der Waals surface area contributed by atoms with Gasteiger partial charge in [-0.2, -0.15) is 0 Å². The van der Waals surface area contributed by atoms with Crippen LogP contribution in [0.1, 0.15) is 97.8 Å². The van der Waals surface area contributed by atoms with Crippen molar-refractivity contribution in [3.05, 3.63) is 48.6 Å². The molecule has 0 aromatic heterocycles. The third-order valence-electron chi connectivity index (χ3n) is 3.93. The Balaban J connectivity index is -0.000000158. The summed E-state index contributed by atoms with van der Waals surface area (Å²) in [6, 6.07) is 10.6. The smallest absolute Gasteiger partial charge is 0 e. The highest BCUT2D eigenvalue weighted by Crippen LogP contribution is 2.39. The second-order valence-corrected chi connectivity index (χ2v) is 11.5. The molecule has 1 aliphatic rings. The molecule has 0 spiro atoms. The highest BCUT2D eigenvalue weighted by atomic mass is 14.3. The van der Waals surface area contributed by atoms with Crippen molar-refractivity contribution in [2.24, 2.45) is 22.2 Å². The van der Waals surface area contributed by atoms with Crippen LogP contribution in [0, 0.1) is 22.2 Å². The molecule has 0 bridgehead atoms. The van der Waals surface area contributed by atoms with E-state index < -0.39 is 0 Å². The van der Waals surface area contributed by atoms with Crippen LogP contribution in [0.4, 0.5) is 0 Å². The largest absolute Gasteiger partial charge is 0.103 e. The number of hydrogen-bond donors (Lipinski definition) is 0. The highest BCUT2D eigenvalue weighted by Gasteiger charge is 2.26. The van der Waals surface area contributed by atoms with E-state index in [4.69, 9.17) is 0 Å². The minimum absolute atomic E-state index is 0. The normalized spacial score (nSPS) is 14.5. The first-order valence-electron chi connectivity index (χ1n) is 10.4. The van der Waals surface area contributed by atoms with Gasteiger partial charge in [0.2, 0.25) is 0 Å². The molecule has 1 fully saturated rings. The average molecular weight is 365 g/mol. The van der Waals surface area contributed by atoms with E-state index in [1.807, 2.05) is 6.08 Å². The van der Waals surface area contributed by atoms with Crippen molar-refractivity contribution in [2.45, 2.75) is 94.4 Å². The van der Waals surface area contributed by atoms with Crippen molar-refractivity contribution < 1.29 is 4.28 Å². The van der Waals surface area contributed by atoms with Crippen LogP contribution < -0.4 is 0 Å². The fraction of sp³-hybridized carbons (Fsp3) is 0.692. The summed E-state index contributed by atoms with van der Waals surface area (Å²) in [5.41, 5.74) is 2.85. The molecular formula is C26H52. The maximum absolute atomic E-state index is 3.65. The van der Waals surface area contributed by atoms with Crippen molar-refractivity contribution in [3.8, 4) is 0 Å². The zero-order valence-corrected chi connectivity index (χ0v) is 19.3. The first kappa shape index (κ1) is 25.0. The lowest BCUT2D eigenvalue weighted by molar-refractivity contribution is 0.354. The van der Waals surface area contributed by atoms with E-state index in [0.29, 0.717) is 16.2 Å². The summed E-state index contributed by atoms with van der Waals surface area (Å²) in [6.45, 7) is 24.0. The Morgan fingerprint density at radius 3 is 1.58 bits per heavy atom. The average Bonchev–Trinajstić information content (AvgIpc) is 3.19. The van der Waals surface area contributed by atoms with Gasteiger partial charge in [-0.25, -0.2) is 0 Å². The van der Waals surface area contributed by atoms with E-state index in [0.717, 1.165) is 18.8 Å². The molecular weight excluding hydrogens is 312 g/mol. The summed E-state index contributed by atoms with van der Waals surface area (Å²) in [7, 11) is 0. The van der Waals surface area contributed by atoms with E-state index in [9.17, 15) is 0 Å². The van der Waals surface area contributed by atoms with E-state index in [1.165, 1.54) is 24.8 Å². The van der Waals surface area contributed by atoms with Gasteiger partial charge < -0.3 is 0 Å². The molecule has 0 atom stereocenters. The fourth-order valence-corrected chi connectivity index (χ4v) is 2.83. The lowest BCUT2D eigenvalue weighted by Crippen LogP contribution is -2.08. The van der Waals surface area contributed by atoms with Gasteiger partial charge in [-0.1, -0.05) is 112 Å². The van der Waals surface area contributed by atoms with Gasteiger partial charge in [-0.15, -0.1) is 6.58 Å². The monoisotopic (exact) mass is 364 g/mol. The second-order valence-electron chi connectivity index (χ2n) is 11.5. The number of rotatable bonds is 3. The molecule has 0 amide bonds. The lowest BCUT2D eigenvalue weighted by Gasteiger charge is -2.17. The van der Waals surface area contributed by atoms with Crippen molar-refractivity contribution >= 4 is 0 Å². The predicted molar refractivity (Wildman–Crippen MR) is 127 cm³/mol. The molecule has 0 unspecified atom stereocenters. The molecule has 1 saturated carbocycles. The van der Waals surface area contributed by atoms with Crippen LogP contribution in [0.25, 0.3) is 0 Å². The summed E-state index contributed by atoms with van der Waals surface area (Å²) in [4.78, 5) is 0. The second kappa shape index (κ2) is 11.0. The molecule has 1 aliphatic carbocycles. The summed E-state index contributed by atoms with van der Waals surface area (Å²) >= 11 is 0. The molecule has 0 radical (unpaired) electrons. The summed E-state index contributed by atoms with van der Waals surface area (Å²) in [6.07, 6.45) is 8.66. The maximum Gasteiger partial charge on any atom is 0 e. The third-order valence-corrected chi connectivity index (χ3v) is 3.93. The maximum atomic E-state index is 3.65. The summed E-state index contributed by atoms with van der Waals surface area (Å²) in [5, 5.41) is 0. The van der Waals surface area contributed by atoms with Gasteiger partial charge in [-0.3, -0.25) is 0 Å². The van der Waals surface area contributed by atoms with Gasteiger partial charge in [0.25, 0.3) is 0 Å². The molecule has 26 heavy (non-hydrogen) atoms. The van der Waals surface area contributed by atoms with Gasteiger partial charge in [0, 0.05) is 4.28 Å². The molecule has 0 heteroatoms. The fourth-order valence-electron chi connectivity index (χ4n) is 2.83. The van der Waals surface area contributed by atoms with Crippen LogP contribution in [-0.4, -0.2) is 0 Å². The van der Waals surface area contributed by atoms with Crippen molar-refractivity contribution in [3.63, 3.8) is 0 Å². The molecule has 1 aromatic carbocycles. The molecule has 0 aliphatic heterocycles. The van der Waals surface area contributed by atoms with Crippen LogP contribution in [0.15, 0.2) is 43.0 Å². The van der Waals surface area contributed by atoms with Crippen molar-refractivity contribution in [1.82, 2.24) is 0 Å². The van der Waals surface area contributed by atoms with Crippen LogP contribution in [-0.2, 0) is 6.42 Å². The quantitative estimate of drug-likeness (QED) is 0.468. The van der Waals surface area contributed by atoms with Crippen molar-refractivity contribution in [2.75, 3.05) is 0 Å². The molecule has 0 N–H and O–H groups in total. The molecule has 0 heterocycles. The molecule has 156 valence electrons. The van der Waals surface area contributed by atoms with E-state index in [2.05, 4.69) is 99.2 Å². The Labute approximate surface area is 170 Å². The Bertz CT molecular complexity index is 483. The Kier molecular flexibility index (Phi) is 10.5. The van der Waals surface area contributed by atoms with E-state index in [-0.39, 0.29) is 4.28 Å². The first-order valence-corrected chi connectivity index (χ1v) is 10.4. The topological polar surface area (TPSA) is 0 Å². The van der Waals surface area contributed by atoms with Gasteiger partial charge in [0.1, 0.15) is 0 Å². The standard InChI is InChI=1S/C11H16.C8H16.C7H14.3H2/c1-11(2,3)9-10-7-5-4-6-8-10;1-8(2,3)6-7-4-5-7;1-5-6-7(2,3)4;;;/h4-8H,9H2,1-3H3;7H,4-6H2,1-3H3;5H,1,6H2,2-4H3;3*1H. The van der Waals surface area contributed by atoms with Crippen LogP contribution in [0.5, 0.6) is 0 Å². The van der Waals surface area contributed by atoms with Gasteiger partial charge in [-0.05, 0) is 47.0 Å². The van der Waals surface area contributed by atoms with Crippen LogP contribution in [0.3, 0.4) is 0 Å². The Morgan fingerprint density at radius 2 is 1.35 bits per heavy atom. The minimum atomic E-state index is 0. The van der Waals surface area contributed by atoms with Gasteiger partial charge in [0.05, 0.1) is 0 Å². The molecule has 0 nitrogen and oxygen atoms in total. The van der Waals surface area contributed by atoms with Gasteiger partial charge >= 0.3 is 0 Å². The minimum Gasteiger partial charge on any atom is -0.103 e.